The maximum atomic E-state index is 11.9. The summed E-state index contributed by atoms with van der Waals surface area (Å²) in [7, 11) is 1.57. The van der Waals surface area contributed by atoms with Crippen molar-refractivity contribution in [2.24, 2.45) is 5.41 Å². The van der Waals surface area contributed by atoms with Crippen molar-refractivity contribution in [2.75, 3.05) is 13.7 Å². The summed E-state index contributed by atoms with van der Waals surface area (Å²) in [6.45, 7) is 4.96. The predicted octanol–water partition coefficient (Wildman–Crippen LogP) is 2.13. The average Bonchev–Trinajstić information content (AvgIpc) is 2.40. The zero-order valence-corrected chi connectivity index (χ0v) is 13.3. The molecular weight excluding hydrogens is 272 g/mol. The normalized spacial score (nSPS) is 19.8. The Morgan fingerprint density at radius 3 is 2.48 bits per heavy atom. The summed E-state index contributed by atoms with van der Waals surface area (Å²) in [4.78, 5) is 23.0. The third-order valence-corrected chi connectivity index (χ3v) is 4.12. The van der Waals surface area contributed by atoms with Gasteiger partial charge < -0.3 is 20.5 Å². The van der Waals surface area contributed by atoms with E-state index in [0.29, 0.717) is 24.9 Å². The Balaban J connectivity index is 2.35. The first-order chi connectivity index (χ1) is 9.84. The summed E-state index contributed by atoms with van der Waals surface area (Å²) in [5.74, 6) is -1.01. The van der Waals surface area contributed by atoms with E-state index in [0.717, 1.165) is 25.7 Å². The zero-order chi connectivity index (χ0) is 15.9. The Kier molecular flexibility index (Phi) is 6.95. The molecule has 1 fully saturated rings. The number of hydrogen-bond donors (Lipinski definition) is 3. The molecule has 0 heterocycles. The van der Waals surface area contributed by atoms with Crippen molar-refractivity contribution in [1.29, 1.82) is 0 Å². The number of carboxylic acids is 1. The van der Waals surface area contributed by atoms with Crippen molar-refractivity contribution < 1.29 is 19.4 Å². The van der Waals surface area contributed by atoms with Crippen molar-refractivity contribution in [2.45, 2.75) is 64.5 Å². The molecule has 21 heavy (non-hydrogen) atoms. The molecule has 122 valence electrons. The number of nitrogens with one attached hydrogen (secondary N) is 2. The summed E-state index contributed by atoms with van der Waals surface area (Å²) in [5, 5.41) is 14.5. The van der Waals surface area contributed by atoms with Crippen LogP contribution in [0.15, 0.2) is 0 Å². The van der Waals surface area contributed by atoms with Gasteiger partial charge in [-0.3, -0.25) is 0 Å². The maximum Gasteiger partial charge on any atom is 0.326 e. The summed E-state index contributed by atoms with van der Waals surface area (Å²) in [6, 6.07) is -1.10. The summed E-state index contributed by atoms with van der Waals surface area (Å²) in [6.07, 6.45) is 5.02. The van der Waals surface area contributed by atoms with Gasteiger partial charge in [-0.15, -0.1) is 0 Å². The zero-order valence-electron chi connectivity index (χ0n) is 13.3. The van der Waals surface area contributed by atoms with E-state index in [1.54, 1.807) is 7.11 Å². The van der Waals surface area contributed by atoms with E-state index in [-0.39, 0.29) is 12.1 Å². The fraction of sp³-hybridized carbons (Fsp3) is 0.867. The van der Waals surface area contributed by atoms with Gasteiger partial charge in [0.1, 0.15) is 6.04 Å². The summed E-state index contributed by atoms with van der Waals surface area (Å²) < 4.78 is 4.90. The minimum atomic E-state index is -1.01. The van der Waals surface area contributed by atoms with Gasteiger partial charge in [0.25, 0.3) is 0 Å². The first kappa shape index (κ1) is 17.8. The quantitative estimate of drug-likeness (QED) is 0.629. The highest BCUT2D eigenvalue weighted by Crippen LogP contribution is 2.34. The number of amides is 2. The van der Waals surface area contributed by atoms with Gasteiger partial charge in [0, 0.05) is 19.8 Å². The molecule has 6 nitrogen and oxygen atoms in total. The molecule has 1 atom stereocenters. The van der Waals surface area contributed by atoms with Crippen LogP contribution < -0.4 is 10.6 Å². The Hall–Kier alpha value is -1.30. The SMILES string of the molecule is COCCCC(NC(=O)NC1CCC(C)(C)CC1)C(=O)O. The molecule has 1 unspecified atom stereocenters. The lowest BCUT2D eigenvalue weighted by atomic mass is 9.76. The molecule has 0 aromatic carbocycles. The molecule has 3 N–H and O–H groups in total. The number of urea groups is 1. The Labute approximate surface area is 126 Å². The van der Waals surface area contributed by atoms with Crippen LogP contribution in [0.2, 0.25) is 0 Å². The van der Waals surface area contributed by atoms with Crippen LogP contribution in [0.25, 0.3) is 0 Å². The van der Waals surface area contributed by atoms with Crippen LogP contribution >= 0.6 is 0 Å². The van der Waals surface area contributed by atoms with E-state index in [4.69, 9.17) is 9.84 Å². The minimum absolute atomic E-state index is 0.145. The van der Waals surface area contributed by atoms with E-state index in [1.165, 1.54) is 0 Å². The second-order valence-electron chi connectivity index (χ2n) is 6.58. The van der Waals surface area contributed by atoms with Gasteiger partial charge in [0.15, 0.2) is 0 Å². The van der Waals surface area contributed by atoms with Crippen molar-refractivity contribution in [3.63, 3.8) is 0 Å². The van der Waals surface area contributed by atoms with Gasteiger partial charge >= 0.3 is 12.0 Å². The van der Waals surface area contributed by atoms with Crippen LogP contribution in [0.1, 0.15) is 52.4 Å². The van der Waals surface area contributed by atoms with Crippen molar-refractivity contribution in [3.05, 3.63) is 0 Å². The van der Waals surface area contributed by atoms with Crippen LogP contribution in [0.3, 0.4) is 0 Å². The minimum Gasteiger partial charge on any atom is -0.480 e. The maximum absolute atomic E-state index is 11.9. The molecule has 1 saturated carbocycles. The van der Waals surface area contributed by atoms with Gasteiger partial charge in [-0.25, -0.2) is 9.59 Å². The van der Waals surface area contributed by atoms with Crippen LogP contribution in [-0.2, 0) is 9.53 Å². The molecule has 0 saturated heterocycles. The molecule has 0 aromatic rings. The van der Waals surface area contributed by atoms with E-state index >= 15 is 0 Å². The molecule has 0 radical (unpaired) electrons. The fourth-order valence-electron chi connectivity index (χ4n) is 2.62. The predicted molar refractivity (Wildman–Crippen MR) is 80.2 cm³/mol. The van der Waals surface area contributed by atoms with E-state index in [2.05, 4.69) is 24.5 Å². The number of rotatable bonds is 7. The lowest BCUT2D eigenvalue weighted by Gasteiger charge is -2.34. The van der Waals surface area contributed by atoms with Gasteiger partial charge in [0.05, 0.1) is 0 Å². The number of carbonyl (C=O) groups is 2. The number of hydrogen-bond acceptors (Lipinski definition) is 3. The van der Waals surface area contributed by atoms with Crippen LogP contribution in [-0.4, -0.2) is 42.9 Å². The molecule has 1 aliphatic rings. The van der Waals surface area contributed by atoms with Gasteiger partial charge in [-0.05, 0) is 43.9 Å². The Morgan fingerprint density at radius 2 is 1.95 bits per heavy atom. The number of ether oxygens (including phenoxy) is 1. The molecule has 0 spiro atoms. The molecule has 1 aliphatic carbocycles. The smallest absolute Gasteiger partial charge is 0.326 e. The van der Waals surface area contributed by atoms with E-state index in [1.807, 2.05) is 0 Å². The van der Waals surface area contributed by atoms with Crippen molar-refractivity contribution >= 4 is 12.0 Å². The highest BCUT2D eigenvalue weighted by Gasteiger charge is 2.28. The summed E-state index contributed by atoms with van der Waals surface area (Å²) >= 11 is 0. The van der Waals surface area contributed by atoms with Crippen molar-refractivity contribution in [1.82, 2.24) is 10.6 Å². The highest BCUT2D eigenvalue weighted by molar-refractivity contribution is 5.82. The second kappa shape index (κ2) is 8.22. The van der Waals surface area contributed by atoms with Crippen LogP contribution in [0.5, 0.6) is 0 Å². The first-order valence-corrected chi connectivity index (χ1v) is 7.63. The number of aliphatic carboxylic acids is 1. The molecular formula is C15H28N2O4. The summed E-state index contributed by atoms with van der Waals surface area (Å²) in [5.41, 5.74) is 0.346. The number of methoxy groups -OCH3 is 1. The first-order valence-electron chi connectivity index (χ1n) is 7.63. The van der Waals surface area contributed by atoms with Gasteiger partial charge in [-0.2, -0.15) is 0 Å². The van der Waals surface area contributed by atoms with Crippen LogP contribution in [0, 0.1) is 5.41 Å². The molecule has 6 heteroatoms. The molecule has 0 aliphatic heterocycles. The van der Waals surface area contributed by atoms with E-state index in [9.17, 15) is 9.59 Å². The molecule has 2 amide bonds. The number of carboxylic acid groups (broad SMARTS) is 1. The highest BCUT2D eigenvalue weighted by atomic mass is 16.5. The topological polar surface area (TPSA) is 87.7 Å². The third kappa shape index (κ3) is 6.80. The largest absolute Gasteiger partial charge is 0.480 e. The second-order valence-corrected chi connectivity index (χ2v) is 6.58. The van der Waals surface area contributed by atoms with E-state index < -0.39 is 12.0 Å². The molecule has 1 rings (SSSR count). The molecule has 0 aromatic heterocycles. The van der Waals surface area contributed by atoms with Gasteiger partial charge in [-0.1, -0.05) is 13.8 Å². The van der Waals surface area contributed by atoms with Crippen LogP contribution in [0.4, 0.5) is 4.79 Å². The van der Waals surface area contributed by atoms with Crippen molar-refractivity contribution in [3.8, 4) is 0 Å². The monoisotopic (exact) mass is 300 g/mol. The fourth-order valence-corrected chi connectivity index (χ4v) is 2.62. The average molecular weight is 300 g/mol. The molecule has 0 bridgehead atoms. The Bertz CT molecular complexity index is 348. The standard InChI is InChI=1S/C15H28N2O4/c1-15(2)8-6-11(7-9-15)16-14(20)17-12(13(18)19)5-4-10-21-3/h11-12H,4-10H2,1-3H3,(H,18,19)(H2,16,17,20). The lowest BCUT2D eigenvalue weighted by molar-refractivity contribution is -0.139. The third-order valence-electron chi connectivity index (χ3n) is 4.12. The number of carbonyl (C=O) groups excluding carboxylic acids is 1. The Morgan fingerprint density at radius 1 is 1.33 bits per heavy atom. The van der Waals surface area contributed by atoms with Gasteiger partial charge in [0.2, 0.25) is 0 Å². The lowest BCUT2D eigenvalue weighted by Crippen LogP contribution is -2.50.